The van der Waals surface area contributed by atoms with Crippen molar-refractivity contribution in [3.8, 4) is 11.1 Å². The Morgan fingerprint density at radius 1 is 1.25 bits per heavy atom. The molecule has 0 bridgehead atoms. The molecule has 0 unspecified atom stereocenters. The van der Waals surface area contributed by atoms with Crippen molar-refractivity contribution >= 4 is 5.88 Å². The van der Waals surface area contributed by atoms with Crippen molar-refractivity contribution in [3.05, 3.63) is 35.5 Å². The Morgan fingerprint density at radius 2 is 1.94 bits per heavy atom. The third-order valence-corrected chi connectivity index (χ3v) is 3.05. The second-order valence-electron chi connectivity index (χ2n) is 4.45. The lowest BCUT2D eigenvalue weighted by molar-refractivity contribution is 0.428. The van der Waals surface area contributed by atoms with Gasteiger partial charge in [0.05, 0.1) is 11.3 Å². The fourth-order valence-corrected chi connectivity index (χ4v) is 1.96. The highest BCUT2D eigenvalue weighted by Gasteiger charge is 2.31. The van der Waals surface area contributed by atoms with Gasteiger partial charge in [0.2, 0.25) is 5.88 Å². The van der Waals surface area contributed by atoms with Crippen LogP contribution in [0.15, 0.2) is 28.8 Å². The number of hydrogen-bond donors (Lipinski definition) is 1. The highest BCUT2D eigenvalue weighted by molar-refractivity contribution is 5.76. The lowest BCUT2D eigenvalue weighted by Crippen LogP contribution is -1.89. The molecule has 1 aromatic heterocycles. The smallest absolute Gasteiger partial charge is 0.230 e. The molecule has 16 heavy (non-hydrogen) atoms. The summed E-state index contributed by atoms with van der Waals surface area (Å²) in [4.78, 5) is 0. The second kappa shape index (κ2) is 3.37. The average molecular weight is 214 g/mol. The van der Waals surface area contributed by atoms with Crippen LogP contribution in [0.3, 0.4) is 0 Å². The summed E-state index contributed by atoms with van der Waals surface area (Å²) in [6.45, 7) is 2.07. The fourth-order valence-electron chi connectivity index (χ4n) is 1.96. The van der Waals surface area contributed by atoms with Gasteiger partial charge >= 0.3 is 0 Å². The normalized spacial score (nSPS) is 15.3. The topological polar surface area (TPSA) is 52.0 Å². The fraction of sp³-hybridized carbons (Fsp3) is 0.308. The van der Waals surface area contributed by atoms with E-state index in [2.05, 4.69) is 36.3 Å². The lowest BCUT2D eigenvalue weighted by atomic mass is 10.0. The Labute approximate surface area is 94.2 Å². The van der Waals surface area contributed by atoms with Gasteiger partial charge in [0, 0.05) is 5.92 Å². The van der Waals surface area contributed by atoms with E-state index in [1.165, 1.54) is 18.4 Å². The first-order valence-electron chi connectivity index (χ1n) is 5.58. The van der Waals surface area contributed by atoms with Crippen molar-refractivity contribution < 1.29 is 4.52 Å². The van der Waals surface area contributed by atoms with Crippen molar-refractivity contribution in [1.29, 1.82) is 0 Å². The first-order chi connectivity index (χ1) is 7.75. The Hall–Kier alpha value is -1.77. The van der Waals surface area contributed by atoms with Gasteiger partial charge in [-0.25, -0.2) is 0 Å². The van der Waals surface area contributed by atoms with E-state index in [1.54, 1.807) is 0 Å². The highest BCUT2D eigenvalue weighted by Crippen LogP contribution is 2.45. The van der Waals surface area contributed by atoms with E-state index in [0.29, 0.717) is 11.8 Å². The number of rotatable bonds is 2. The average Bonchev–Trinajstić information content (AvgIpc) is 3.05. The third-order valence-electron chi connectivity index (χ3n) is 3.05. The third kappa shape index (κ3) is 1.48. The maximum Gasteiger partial charge on any atom is 0.230 e. The van der Waals surface area contributed by atoms with Crippen LogP contribution in [0.2, 0.25) is 0 Å². The zero-order valence-corrected chi connectivity index (χ0v) is 9.23. The van der Waals surface area contributed by atoms with E-state index in [9.17, 15) is 0 Å². The number of benzene rings is 1. The van der Waals surface area contributed by atoms with E-state index in [1.807, 2.05) is 0 Å². The van der Waals surface area contributed by atoms with Crippen LogP contribution in [0.25, 0.3) is 11.1 Å². The predicted molar refractivity (Wildman–Crippen MR) is 63.1 cm³/mol. The monoisotopic (exact) mass is 214 g/mol. The van der Waals surface area contributed by atoms with Gasteiger partial charge in [0.1, 0.15) is 0 Å². The number of hydrogen-bond acceptors (Lipinski definition) is 3. The molecule has 0 spiro atoms. The van der Waals surface area contributed by atoms with Gasteiger partial charge < -0.3 is 10.3 Å². The summed E-state index contributed by atoms with van der Waals surface area (Å²) in [6, 6.07) is 8.31. The van der Waals surface area contributed by atoms with Gasteiger partial charge in [-0.3, -0.25) is 0 Å². The number of aromatic nitrogens is 1. The summed E-state index contributed by atoms with van der Waals surface area (Å²) in [6.07, 6.45) is 2.40. The van der Waals surface area contributed by atoms with Crippen LogP contribution in [0.5, 0.6) is 0 Å². The van der Waals surface area contributed by atoms with E-state index in [0.717, 1.165) is 16.8 Å². The van der Waals surface area contributed by atoms with Gasteiger partial charge in [-0.1, -0.05) is 35.0 Å². The molecule has 0 amide bonds. The van der Waals surface area contributed by atoms with E-state index < -0.39 is 0 Å². The number of nitrogens with two attached hydrogens (primary N) is 1. The van der Waals surface area contributed by atoms with E-state index >= 15 is 0 Å². The molecule has 1 aliphatic rings. The molecule has 1 heterocycles. The molecule has 2 N–H and O–H groups in total. The van der Waals surface area contributed by atoms with E-state index in [4.69, 9.17) is 10.3 Å². The molecule has 0 aliphatic heterocycles. The van der Waals surface area contributed by atoms with Crippen molar-refractivity contribution in [2.75, 3.05) is 5.73 Å². The SMILES string of the molecule is Cc1ccc(-c2c(C3CC3)noc2N)cc1. The molecule has 3 rings (SSSR count). The van der Waals surface area contributed by atoms with Gasteiger partial charge in [-0.05, 0) is 25.3 Å². The van der Waals surface area contributed by atoms with Crippen molar-refractivity contribution in [1.82, 2.24) is 5.16 Å². The zero-order valence-electron chi connectivity index (χ0n) is 9.23. The van der Waals surface area contributed by atoms with Crippen molar-refractivity contribution in [2.45, 2.75) is 25.7 Å². The second-order valence-corrected chi connectivity index (χ2v) is 4.45. The molecule has 1 aliphatic carbocycles. The van der Waals surface area contributed by atoms with Crippen LogP contribution in [-0.2, 0) is 0 Å². The van der Waals surface area contributed by atoms with Gasteiger partial charge in [-0.15, -0.1) is 0 Å². The highest BCUT2D eigenvalue weighted by atomic mass is 16.5. The summed E-state index contributed by atoms with van der Waals surface area (Å²) in [5.41, 5.74) is 10.2. The minimum Gasteiger partial charge on any atom is -0.367 e. The van der Waals surface area contributed by atoms with Crippen molar-refractivity contribution in [2.24, 2.45) is 0 Å². The summed E-state index contributed by atoms with van der Waals surface area (Å²) in [5.74, 6) is 0.989. The number of nitrogens with zero attached hydrogens (tertiary/aromatic N) is 1. The standard InChI is InChI=1S/C13H14N2O/c1-8-2-4-9(5-3-8)11-12(10-6-7-10)15-16-13(11)14/h2-5,10H,6-7,14H2,1H3. The molecular weight excluding hydrogens is 200 g/mol. The maximum atomic E-state index is 5.85. The maximum absolute atomic E-state index is 5.85. The molecule has 1 saturated carbocycles. The molecule has 2 aromatic rings. The molecule has 3 heteroatoms. The Bertz CT molecular complexity index is 509. The van der Waals surface area contributed by atoms with Crippen molar-refractivity contribution in [3.63, 3.8) is 0 Å². The van der Waals surface area contributed by atoms with Crippen LogP contribution in [0, 0.1) is 6.92 Å². The Balaban J connectivity index is 2.10. The quantitative estimate of drug-likeness (QED) is 0.835. The first kappa shape index (κ1) is 9.46. The predicted octanol–water partition coefficient (Wildman–Crippen LogP) is 3.11. The number of anilines is 1. The molecule has 3 nitrogen and oxygen atoms in total. The lowest BCUT2D eigenvalue weighted by Gasteiger charge is -2.01. The number of aryl methyl sites for hydroxylation is 1. The molecule has 1 aromatic carbocycles. The molecular formula is C13H14N2O. The minimum absolute atomic E-state index is 0.436. The van der Waals surface area contributed by atoms with Gasteiger partial charge in [-0.2, -0.15) is 0 Å². The van der Waals surface area contributed by atoms with Crippen LogP contribution >= 0.6 is 0 Å². The van der Waals surface area contributed by atoms with Gasteiger partial charge in [0.15, 0.2) is 0 Å². The van der Waals surface area contributed by atoms with Crippen LogP contribution in [0.1, 0.15) is 30.0 Å². The van der Waals surface area contributed by atoms with Gasteiger partial charge in [0.25, 0.3) is 0 Å². The molecule has 0 radical (unpaired) electrons. The first-order valence-corrected chi connectivity index (χ1v) is 5.58. The minimum atomic E-state index is 0.436. The molecule has 0 atom stereocenters. The summed E-state index contributed by atoms with van der Waals surface area (Å²) >= 11 is 0. The van der Waals surface area contributed by atoms with Crippen LogP contribution in [-0.4, -0.2) is 5.16 Å². The Morgan fingerprint density at radius 3 is 2.56 bits per heavy atom. The van der Waals surface area contributed by atoms with Crippen LogP contribution in [0.4, 0.5) is 5.88 Å². The molecule has 0 saturated heterocycles. The Kier molecular flexibility index (Phi) is 1.99. The zero-order chi connectivity index (χ0) is 11.1. The summed E-state index contributed by atoms with van der Waals surface area (Å²) < 4.78 is 5.11. The van der Waals surface area contributed by atoms with E-state index in [-0.39, 0.29) is 0 Å². The number of nitrogen functional groups attached to an aromatic ring is 1. The molecule has 1 fully saturated rings. The summed E-state index contributed by atoms with van der Waals surface area (Å²) in [7, 11) is 0. The molecule has 82 valence electrons. The van der Waals surface area contributed by atoms with Crippen LogP contribution < -0.4 is 5.73 Å². The summed E-state index contributed by atoms with van der Waals surface area (Å²) in [5, 5.41) is 4.08. The largest absolute Gasteiger partial charge is 0.367 e.